The second kappa shape index (κ2) is 6.92. The third kappa shape index (κ3) is 3.42. The normalized spacial score (nSPS) is 17.2. The van der Waals surface area contributed by atoms with Gasteiger partial charge < -0.3 is 9.64 Å². The first-order valence-corrected chi connectivity index (χ1v) is 8.88. The fourth-order valence-electron chi connectivity index (χ4n) is 3.61. The predicted molar refractivity (Wildman–Crippen MR) is 93.6 cm³/mol. The zero-order valence-corrected chi connectivity index (χ0v) is 14.5. The molecule has 1 aliphatic heterocycles. The molecule has 1 aliphatic carbocycles. The molecule has 7 heteroatoms. The Labute approximate surface area is 146 Å². The summed E-state index contributed by atoms with van der Waals surface area (Å²) in [5.74, 6) is 2.03. The molecule has 0 bridgehead atoms. The van der Waals surface area contributed by atoms with Crippen molar-refractivity contribution in [1.82, 2.24) is 19.7 Å². The van der Waals surface area contributed by atoms with Crippen molar-refractivity contribution in [3.05, 3.63) is 45.8 Å². The van der Waals surface area contributed by atoms with Gasteiger partial charge >= 0.3 is 0 Å². The van der Waals surface area contributed by atoms with Crippen molar-refractivity contribution in [3.8, 4) is 0 Å². The maximum Gasteiger partial charge on any atom is 0.267 e. The lowest BCUT2D eigenvalue weighted by molar-refractivity contribution is 0.177. The number of fused-ring (bicyclic) bond motifs is 1. The highest BCUT2D eigenvalue weighted by Gasteiger charge is 2.29. The van der Waals surface area contributed by atoms with E-state index in [1.807, 2.05) is 6.07 Å². The van der Waals surface area contributed by atoms with Crippen LogP contribution in [0.5, 0.6) is 0 Å². The summed E-state index contributed by atoms with van der Waals surface area (Å²) < 4.78 is 6.74. The quantitative estimate of drug-likeness (QED) is 0.813. The first-order valence-electron chi connectivity index (χ1n) is 8.88. The van der Waals surface area contributed by atoms with Crippen molar-refractivity contribution in [3.63, 3.8) is 0 Å². The first-order chi connectivity index (χ1) is 12.2. The zero-order valence-electron chi connectivity index (χ0n) is 14.5. The van der Waals surface area contributed by atoms with Crippen LogP contribution < -0.4 is 10.5 Å². The van der Waals surface area contributed by atoms with E-state index >= 15 is 0 Å². The molecule has 0 N–H and O–H groups in total. The van der Waals surface area contributed by atoms with Crippen molar-refractivity contribution in [2.45, 2.75) is 38.8 Å². The number of rotatable bonds is 5. The number of nitrogens with zero attached hydrogens (tertiary/aromatic N) is 5. The first kappa shape index (κ1) is 16.2. The summed E-state index contributed by atoms with van der Waals surface area (Å²) in [4.78, 5) is 23.2. The van der Waals surface area contributed by atoms with Crippen LogP contribution in [0, 0.1) is 5.92 Å². The van der Waals surface area contributed by atoms with E-state index in [0.29, 0.717) is 24.9 Å². The Hall–Kier alpha value is -2.28. The van der Waals surface area contributed by atoms with Crippen LogP contribution >= 0.6 is 0 Å². The van der Waals surface area contributed by atoms with Crippen LogP contribution in [0.3, 0.4) is 0 Å². The Kier molecular flexibility index (Phi) is 4.48. The summed E-state index contributed by atoms with van der Waals surface area (Å²) in [6, 6.07) is 3.71. The summed E-state index contributed by atoms with van der Waals surface area (Å²) in [5, 5.41) is 4.61. The monoisotopic (exact) mass is 341 g/mol. The van der Waals surface area contributed by atoms with Gasteiger partial charge in [0.15, 0.2) is 5.82 Å². The summed E-state index contributed by atoms with van der Waals surface area (Å²) in [6.07, 6.45) is 6.09. The molecule has 132 valence electrons. The van der Waals surface area contributed by atoms with Crippen LogP contribution in [0.25, 0.3) is 0 Å². The maximum absolute atomic E-state index is 12.3. The molecule has 0 aromatic carbocycles. The van der Waals surface area contributed by atoms with Crippen LogP contribution in [0.4, 0.5) is 5.82 Å². The number of ether oxygens (including phenoxy) is 1. The molecule has 0 spiro atoms. The van der Waals surface area contributed by atoms with Crippen LogP contribution in [0.2, 0.25) is 0 Å². The van der Waals surface area contributed by atoms with Crippen molar-refractivity contribution < 1.29 is 4.74 Å². The minimum atomic E-state index is 0.0310. The Morgan fingerprint density at radius 3 is 2.96 bits per heavy atom. The number of anilines is 1. The van der Waals surface area contributed by atoms with Crippen LogP contribution in [-0.4, -0.2) is 39.9 Å². The molecule has 0 unspecified atom stereocenters. The third-order valence-electron chi connectivity index (χ3n) is 4.95. The molecule has 0 amide bonds. The Morgan fingerprint density at radius 1 is 1.28 bits per heavy atom. The van der Waals surface area contributed by atoms with Gasteiger partial charge in [-0.15, -0.1) is 0 Å². The van der Waals surface area contributed by atoms with E-state index in [-0.39, 0.29) is 5.56 Å². The molecule has 7 nitrogen and oxygen atoms in total. The Morgan fingerprint density at radius 2 is 2.12 bits per heavy atom. The van der Waals surface area contributed by atoms with Crippen molar-refractivity contribution in [2.24, 2.45) is 5.92 Å². The van der Waals surface area contributed by atoms with Crippen LogP contribution in [0.1, 0.15) is 29.9 Å². The SMILES string of the molecule is COCc1nccc(N2CC(Cn3nc4c(cc3=O)CCCC4)C2)n1. The number of hydrogen-bond donors (Lipinski definition) is 0. The summed E-state index contributed by atoms with van der Waals surface area (Å²) >= 11 is 0. The molecule has 3 heterocycles. The van der Waals surface area contributed by atoms with Gasteiger partial charge in [0.05, 0.1) is 12.2 Å². The second-order valence-electron chi connectivity index (χ2n) is 6.88. The molecule has 0 saturated carbocycles. The number of aromatic nitrogens is 4. The summed E-state index contributed by atoms with van der Waals surface area (Å²) in [5.41, 5.74) is 2.29. The molecule has 0 atom stereocenters. The Bertz CT molecular complexity index is 813. The average Bonchev–Trinajstić information content (AvgIpc) is 2.58. The largest absolute Gasteiger partial charge is 0.377 e. The molecule has 0 radical (unpaired) electrons. The number of methoxy groups -OCH3 is 1. The van der Waals surface area contributed by atoms with Gasteiger partial charge in [0.1, 0.15) is 12.4 Å². The summed E-state index contributed by atoms with van der Waals surface area (Å²) in [6.45, 7) is 2.86. The fourth-order valence-corrected chi connectivity index (χ4v) is 3.61. The number of hydrogen-bond acceptors (Lipinski definition) is 6. The lowest BCUT2D eigenvalue weighted by Crippen LogP contribution is -2.50. The van der Waals surface area contributed by atoms with Crippen molar-refractivity contribution in [1.29, 1.82) is 0 Å². The number of aryl methyl sites for hydroxylation is 2. The highest BCUT2D eigenvalue weighted by atomic mass is 16.5. The topological polar surface area (TPSA) is 73.1 Å². The van der Waals surface area contributed by atoms with Gasteiger partial charge in [0.2, 0.25) is 0 Å². The van der Waals surface area contributed by atoms with Gasteiger partial charge in [-0.25, -0.2) is 14.6 Å². The van der Waals surface area contributed by atoms with Crippen molar-refractivity contribution in [2.75, 3.05) is 25.1 Å². The van der Waals surface area contributed by atoms with Gasteiger partial charge in [-0.3, -0.25) is 4.79 Å². The van der Waals surface area contributed by atoms with Crippen molar-refractivity contribution >= 4 is 5.82 Å². The molecular weight excluding hydrogens is 318 g/mol. The summed E-state index contributed by atoms with van der Waals surface area (Å²) in [7, 11) is 1.64. The fraction of sp³-hybridized carbons (Fsp3) is 0.556. The molecule has 1 fully saturated rings. The van der Waals surface area contributed by atoms with E-state index in [1.165, 1.54) is 12.8 Å². The van der Waals surface area contributed by atoms with E-state index in [1.54, 1.807) is 24.1 Å². The molecule has 2 aromatic heterocycles. The lowest BCUT2D eigenvalue weighted by atomic mass is 9.96. The van der Waals surface area contributed by atoms with E-state index in [2.05, 4.69) is 20.0 Å². The van der Waals surface area contributed by atoms with Crippen LogP contribution in [-0.2, 0) is 30.7 Å². The van der Waals surface area contributed by atoms with Gasteiger partial charge in [-0.2, -0.15) is 5.10 Å². The van der Waals surface area contributed by atoms with Gasteiger partial charge in [-0.05, 0) is 37.3 Å². The van der Waals surface area contributed by atoms with E-state index in [4.69, 9.17) is 4.74 Å². The van der Waals surface area contributed by atoms with Gasteiger partial charge in [0, 0.05) is 38.4 Å². The minimum Gasteiger partial charge on any atom is -0.377 e. The van der Waals surface area contributed by atoms with Gasteiger partial charge in [0.25, 0.3) is 5.56 Å². The minimum absolute atomic E-state index is 0.0310. The lowest BCUT2D eigenvalue weighted by Gasteiger charge is -2.40. The molecule has 4 rings (SSSR count). The second-order valence-corrected chi connectivity index (χ2v) is 6.88. The van der Waals surface area contributed by atoms with Crippen LogP contribution in [0.15, 0.2) is 23.1 Å². The predicted octanol–water partition coefficient (Wildman–Crippen LogP) is 1.19. The molecular formula is C18H23N5O2. The van der Waals surface area contributed by atoms with E-state index < -0.39 is 0 Å². The van der Waals surface area contributed by atoms with E-state index in [0.717, 1.165) is 43.0 Å². The molecule has 2 aromatic rings. The average molecular weight is 341 g/mol. The molecule has 1 saturated heterocycles. The zero-order chi connectivity index (χ0) is 17.2. The highest BCUT2D eigenvalue weighted by Crippen LogP contribution is 2.24. The van der Waals surface area contributed by atoms with Gasteiger partial charge in [-0.1, -0.05) is 0 Å². The van der Waals surface area contributed by atoms with E-state index in [9.17, 15) is 4.79 Å². The standard InChI is InChI=1S/C18H23N5O2/c1-25-12-16-19-7-6-17(20-16)22-9-13(10-22)11-23-18(24)8-14-4-2-3-5-15(14)21-23/h6-8,13H,2-5,9-12H2,1H3. The Balaban J connectivity index is 1.40. The third-order valence-corrected chi connectivity index (χ3v) is 4.95. The smallest absolute Gasteiger partial charge is 0.267 e. The maximum atomic E-state index is 12.3. The highest BCUT2D eigenvalue weighted by molar-refractivity contribution is 5.40. The molecule has 2 aliphatic rings. The molecule has 25 heavy (non-hydrogen) atoms.